The molecular weight excluding hydrogens is 288 g/mol. The first kappa shape index (κ1) is 14.3. The summed E-state index contributed by atoms with van der Waals surface area (Å²) in [7, 11) is 0. The largest absolute Gasteiger partial charge is 0.115 e. The summed E-state index contributed by atoms with van der Waals surface area (Å²) in [4.78, 5) is 0. The van der Waals surface area contributed by atoms with Gasteiger partial charge in [-0.25, -0.2) is 0 Å². The lowest BCUT2D eigenvalue weighted by Gasteiger charge is -2.05. The minimum Gasteiger partial charge on any atom is -0.115 e. The van der Waals surface area contributed by atoms with Crippen LogP contribution < -0.4 is 0 Å². The van der Waals surface area contributed by atoms with E-state index in [4.69, 9.17) is 6.42 Å². The van der Waals surface area contributed by atoms with Crippen molar-refractivity contribution in [2.75, 3.05) is 0 Å². The molecule has 0 aliphatic carbocycles. The molecule has 0 aromatic heterocycles. The zero-order chi connectivity index (χ0) is 16.4. The Morgan fingerprint density at radius 2 is 1.38 bits per heavy atom. The monoisotopic (exact) mass is 304 g/mol. The van der Waals surface area contributed by atoms with Crippen molar-refractivity contribution < 1.29 is 0 Å². The molecule has 0 amide bonds. The predicted molar refractivity (Wildman–Crippen MR) is 105 cm³/mol. The van der Waals surface area contributed by atoms with Gasteiger partial charge in [0.1, 0.15) is 0 Å². The molecule has 112 valence electrons. The number of rotatable bonds is 2. The summed E-state index contributed by atoms with van der Waals surface area (Å²) in [6.07, 6.45) is 9.70. The first-order valence-electron chi connectivity index (χ1n) is 8.00. The molecule has 0 unspecified atom stereocenters. The summed E-state index contributed by atoms with van der Waals surface area (Å²) in [5.74, 6) is 2.65. The van der Waals surface area contributed by atoms with Crippen molar-refractivity contribution in [1.82, 2.24) is 0 Å². The van der Waals surface area contributed by atoms with Crippen molar-refractivity contribution in [3.63, 3.8) is 0 Å². The summed E-state index contributed by atoms with van der Waals surface area (Å²) in [5, 5.41) is 5.08. The Kier molecular flexibility index (Phi) is 3.61. The second-order valence-electron chi connectivity index (χ2n) is 5.87. The lowest BCUT2D eigenvalue weighted by Crippen LogP contribution is -1.81. The van der Waals surface area contributed by atoms with E-state index in [1.165, 1.54) is 27.1 Å². The Hall–Kier alpha value is -3.30. The molecular formula is C24H16. The summed E-state index contributed by atoms with van der Waals surface area (Å²) >= 11 is 0. The minimum absolute atomic E-state index is 0.906. The van der Waals surface area contributed by atoms with Crippen LogP contribution in [0.4, 0.5) is 0 Å². The lowest BCUT2D eigenvalue weighted by atomic mass is 9.99. The second-order valence-corrected chi connectivity index (χ2v) is 5.87. The molecule has 4 aromatic rings. The van der Waals surface area contributed by atoms with Gasteiger partial charge in [0.05, 0.1) is 0 Å². The fourth-order valence-corrected chi connectivity index (χ4v) is 3.01. The molecule has 0 saturated carbocycles. The summed E-state index contributed by atoms with van der Waals surface area (Å²) in [5.41, 5.74) is 3.27. The van der Waals surface area contributed by atoms with Crippen molar-refractivity contribution in [2.24, 2.45) is 0 Å². The van der Waals surface area contributed by atoms with E-state index in [0.717, 1.165) is 11.1 Å². The van der Waals surface area contributed by atoms with Crippen molar-refractivity contribution in [3.05, 3.63) is 95.6 Å². The van der Waals surface area contributed by atoms with Gasteiger partial charge in [0.2, 0.25) is 0 Å². The third kappa shape index (κ3) is 2.69. The number of fused-ring (bicyclic) bond motifs is 2. The fraction of sp³-hybridized carbons (Fsp3) is 0. The maximum Gasteiger partial charge on any atom is 0.0243 e. The summed E-state index contributed by atoms with van der Waals surface area (Å²) in [6.45, 7) is 0. The molecule has 24 heavy (non-hydrogen) atoms. The fourth-order valence-electron chi connectivity index (χ4n) is 3.01. The molecule has 0 saturated heterocycles. The molecule has 0 spiro atoms. The highest BCUT2D eigenvalue weighted by molar-refractivity contribution is 6.02. The molecule has 0 N–H and O–H groups in total. The summed E-state index contributed by atoms with van der Waals surface area (Å²) < 4.78 is 0. The Morgan fingerprint density at radius 3 is 2.12 bits per heavy atom. The number of terminal acetylenes is 1. The Labute approximate surface area is 142 Å². The van der Waals surface area contributed by atoms with Crippen LogP contribution in [0, 0.1) is 12.3 Å². The number of benzene rings is 4. The van der Waals surface area contributed by atoms with Crippen LogP contribution >= 0.6 is 0 Å². The third-order valence-electron chi connectivity index (χ3n) is 4.31. The van der Waals surface area contributed by atoms with Crippen molar-refractivity contribution >= 4 is 33.7 Å². The van der Waals surface area contributed by atoms with E-state index in [1.54, 1.807) is 0 Å². The van der Waals surface area contributed by atoms with E-state index < -0.39 is 0 Å². The van der Waals surface area contributed by atoms with Crippen LogP contribution in [0.1, 0.15) is 16.7 Å². The smallest absolute Gasteiger partial charge is 0.0243 e. The van der Waals surface area contributed by atoms with Gasteiger partial charge in [-0.2, -0.15) is 0 Å². The molecule has 0 atom stereocenters. The molecule has 0 aliphatic rings. The van der Waals surface area contributed by atoms with E-state index in [9.17, 15) is 0 Å². The highest BCUT2D eigenvalue weighted by Crippen LogP contribution is 2.26. The Bertz CT molecular complexity index is 1090. The first-order chi connectivity index (χ1) is 11.8. The van der Waals surface area contributed by atoms with Gasteiger partial charge in [0.25, 0.3) is 0 Å². The molecule has 0 bridgehead atoms. The van der Waals surface area contributed by atoms with Crippen LogP contribution in [-0.2, 0) is 0 Å². The maximum atomic E-state index is 5.40. The molecule has 0 heterocycles. The Balaban J connectivity index is 1.79. The van der Waals surface area contributed by atoms with Gasteiger partial charge < -0.3 is 0 Å². The Morgan fingerprint density at radius 1 is 0.667 bits per heavy atom. The standard InChI is InChI=1S/C24H16/c1-2-18-10-12-19(13-11-18)14-15-20-8-5-9-23-16-21-6-3-4-7-22(21)17-24(20)23/h1,3-17H/b15-14+. The first-order valence-corrected chi connectivity index (χ1v) is 8.00. The predicted octanol–water partition coefficient (Wildman–Crippen LogP) is 6.14. The molecule has 0 radical (unpaired) electrons. The molecule has 0 aliphatic heterocycles. The van der Waals surface area contributed by atoms with Gasteiger partial charge in [0.15, 0.2) is 0 Å². The van der Waals surface area contributed by atoms with Gasteiger partial charge in [-0.3, -0.25) is 0 Å². The summed E-state index contributed by atoms with van der Waals surface area (Å²) in [6, 6.07) is 27.5. The topological polar surface area (TPSA) is 0 Å². The molecule has 0 heteroatoms. The van der Waals surface area contributed by atoms with Crippen LogP contribution in [0.3, 0.4) is 0 Å². The molecule has 4 rings (SSSR count). The van der Waals surface area contributed by atoms with Crippen molar-refractivity contribution in [3.8, 4) is 12.3 Å². The van der Waals surface area contributed by atoms with E-state index in [0.29, 0.717) is 0 Å². The number of hydrogen-bond donors (Lipinski definition) is 0. The zero-order valence-electron chi connectivity index (χ0n) is 13.2. The molecule has 0 fully saturated rings. The van der Waals surface area contributed by atoms with E-state index in [-0.39, 0.29) is 0 Å². The second kappa shape index (κ2) is 6.07. The molecule has 4 aromatic carbocycles. The van der Waals surface area contributed by atoms with Gasteiger partial charge in [-0.15, -0.1) is 6.42 Å². The van der Waals surface area contributed by atoms with Gasteiger partial charge >= 0.3 is 0 Å². The quantitative estimate of drug-likeness (QED) is 0.237. The van der Waals surface area contributed by atoms with Crippen LogP contribution in [0.25, 0.3) is 33.7 Å². The average molecular weight is 304 g/mol. The molecule has 0 nitrogen and oxygen atoms in total. The SMILES string of the molecule is C#Cc1ccc(/C=C/c2cccc3cc4ccccc4cc23)cc1. The third-order valence-corrected chi connectivity index (χ3v) is 4.31. The normalized spacial score (nSPS) is 11.1. The minimum atomic E-state index is 0.906. The van der Waals surface area contributed by atoms with Gasteiger partial charge in [-0.1, -0.05) is 72.7 Å². The van der Waals surface area contributed by atoms with Crippen LogP contribution in [0.2, 0.25) is 0 Å². The van der Waals surface area contributed by atoms with E-state index >= 15 is 0 Å². The average Bonchev–Trinajstić information content (AvgIpc) is 2.65. The van der Waals surface area contributed by atoms with Gasteiger partial charge in [0, 0.05) is 5.56 Å². The van der Waals surface area contributed by atoms with Crippen LogP contribution in [-0.4, -0.2) is 0 Å². The lowest BCUT2D eigenvalue weighted by molar-refractivity contribution is 1.61. The van der Waals surface area contributed by atoms with Crippen LogP contribution in [0.15, 0.2) is 78.9 Å². The van der Waals surface area contributed by atoms with E-state index in [2.05, 4.69) is 72.7 Å². The highest BCUT2D eigenvalue weighted by atomic mass is 14.0. The van der Waals surface area contributed by atoms with Gasteiger partial charge in [-0.05, 0) is 56.9 Å². The zero-order valence-corrected chi connectivity index (χ0v) is 13.2. The van der Waals surface area contributed by atoms with Crippen molar-refractivity contribution in [1.29, 1.82) is 0 Å². The highest BCUT2D eigenvalue weighted by Gasteiger charge is 2.01. The number of hydrogen-bond acceptors (Lipinski definition) is 0. The van der Waals surface area contributed by atoms with E-state index in [1.807, 2.05) is 24.3 Å². The maximum absolute atomic E-state index is 5.40. The van der Waals surface area contributed by atoms with Crippen molar-refractivity contribution in [2.45, 2.75) is 0 Å². The van der Waals surface area contributed by atoms with Crippen LogP contribution in [0.5, 0.6) is 0 Å².